The Morgan fingerprint density at radius 1 is 1.09 bits per heavy atom. The van der Waals surface area contributed by atoms with E-state index >= 15 is 0 Å². The summed E-state index contributed by atoms with van der Waals surface area (Å²) in [6.45, 7) is 6.78. The Labute approximate surface area is 213 Å². The molecule has 2 aliphatic heterocycles. The van der Waals surface area contributed by atoms with E-state index in [0.717, 1.165) is 49.1 Å². The van der Waals surface area contributed by atoms with E-state index in [1.165, 1.54) is 11.1 Å². The van der Waals surface area contributed by atoms with Gasteiger partial charge in [0.15, 0.2) is 17.5 Å². The molecule has 7 nitrogen and oxygen atoms in total. The first-order valence-electron chi connectivity index (χ1n) is 11.4. The maximum absolute atomic E-state index is 12.6. The molecular weight excluding hydrogens is 531 g/mol. The lowest BCUT2D eigenvalue weighted by atomic mass is 10.1. The molecule has 4 rings (SSSR count). The molecule has 2 aliphatic rings. The first kappa shape index (κ1) is 25.1. The molecule has 2 heterocycles. The summed E-state index contributed by atoms with van der Waals surface area (Å²) in [4.78, 5) is 21.4. The van der Waals surface area contributed by atoms with Gasteiger partial charge in [0, 0.05) is 46.2 Å². The zero-order chi connectivity index (χ0) is 22.3. The normalized spacial score (nSPS) is 14.4. The number of nitrogens with zero attached hydrogens (tertiary/aromatic N) is 3. The Morgan fingerprint density at radius 2 is 1.79 bits per heavy atom. The predicted molar refractivity (Wildman–Crippen MR) is 140 cm³/mol. The largest absolute Gasteiger partial charge is 0.486 e. The molecule has 2 aromatic rings. The van der Waals surface area contributed by atoms with Crippen LogP contribution in [-0.4, -0.2) is 55.0 Å². The number of amides is 1. The molecule has 0 aromatic heterocycles. The summed E-state index contributed by atoms with van der Waals surface area (Å²) < 4.78 is 11.3. The van der Waals surface area contributed by atoms with Crippen LogP contribution in [0, 0.1) is 0 Å². The van der Waals surface area contributed by atoms with Gasteiger partial charge in [-0.3, -0.25) is 9.79 Å². The molecule has 0 spiro atoms. The molecule has 0 radical (unpaired) electrons. The summed E-state index contributed by atoms with van der Waals surface area (Å²) in [5, 5.41) is 3.34. The van der Waals surface area contributed by atoms with Crippen LogP contribution in [0.1, 0.15) is 36.5 Å². The van der Waals surface area contributed by atoms with E-state index in [9.17, 15) is 4.79 Å². The van der Waals surface area contributed by atoms with Crippen LogP contribution >= 0.6 is 24.0 Å². The van der Waals surface area contributed by atoms with Gasteiger partial charge in [0.05, 0.1) is 0 Å². The SMILES string of the molecule is CCNC(=NCCCC(=O)N1Cc2ccccc2C1)N(C)Cc1ccc2c(c1)OCCO2.I. The minimum atomic E-state index is 0. The summed E-state index contributed by atoms with van der Waals surface area (Å²) in [6.07, 6.45) is 1.25. The van der Waals surface area contributed by atoms with Crippen LogP contribution in [0.3, 0.4) is 0 Å². The van der Waals surface area contributed by atoms with Crippen LogP contribution in [-0.2, 0) is 24.4 Å². The van der Waals surface area contributed by atoms with Crippen molar-refractivity contribution >= 4 is 35.8 Å². The third-order valence-corrected chi connectivity index (χ3v) is 5.73. The number of halogens is 1. The number of hydrogen-bond donors (Lipinski definition) is 1. The monoisotopic (exact) mass is 564 g/mol. The van der Waals surface area contributed by atoms with E-state index in [4.69, 9.17) is 14.5 Å². The molecule has 0 saturated carbocycles. The number of benzene rings is 2. The zero-order valence-electron chi connectivity index (χ0n) is 19.4. The van der Waals surface area contributed by atoms with Crippen molar-refractivity contribution in [1.29, 1.82) is 0 Å². The average Bonchev–Trinajstić information content (AvgIpc) is 3.25. The lowest BCUT2D eigenvalue weighted by molar-refractivity contribution is -0.131. The smallest absolute Gasteiger partial charge is 0.223 e. The quantitative estimate of drug-likeness (QED) is 0.240. The molecule has 1 amide bonds. The van der Waals surface area contributed by atoms with Crippen molar-refractivity contribution in [1.82, 2.24) is 15.1 Å². The van der Waals surface area contributed by atoms with E-state index in [-0.39, 0.29) is 29.9 Å². The lowest BCUT2D eigenvalue weighted by Crippen LogP contribution is -2.38. The third kappa shape index (κ3) is 6.52. The van der Waals surface area contributed by atoms with Crippen molar-refractivity contribution in [2.45, 2.75) is 39.4 Å². The van der Waals surface area contributed by atoms with Gasteiger partial charge in [-0.1, -0.05) is 30.3 Å². The van der Waals surface area contributed by atoms with Gasteiger partial charge in [0.2, 0.25) is 5.91 Å². The highest BCUT2D eigenvalue weighted by Gasteiger charge is 2.22. The Balaban J connectivity index is 0.00000306. The van der Waals surface area contributed by atoms with E-state index in [1.54, 1.807) is 0 Å². The number of fused-ring (bicyclic) bond motifs is 2. The van der Waals surface area contributed by atoms with Gasteiger partial charge in [-0.05, 0) is 42.2 Å². The van der Waals surface area contributed by atoms with E-state index in [0.29, 0.717) is 32.7 Å². The fourth-order valence-electron chi connectivity index (χ4n) is 4.09. The molecule has 0 fully saturated rings. The van der Waals surface area contributed by atoms with Crippen LogP contribution in [0.15, 0.2) is 47.5 Å². The first-order valence-corrected chi connectivity index (χ1v) is 11.4. The number of ether oxygens (including phenoxy) is 2. The number of nitrogens with one attached hydrogen (secondary N) is 1. The van der Waals surface area contributed by atoms with Crippen molar-refractivity contribution in [3.8, 4) is 11.5 Å². The molecular formula is C25H33IN4O3. The fourth-order valence-corrected chi connectivity index (χ4v) is 4.09. The number of carbonyl (C=O) groups excluding carboxylic acids is 1. The minimum absolute atomic E-state index is 0. The number of rotatable bonds is 7. The van der Waals surface area contributed by atoms with Crippen molar-refractivity contribution in [3.05, 3.63) is 59.2 Å². The van der Waals surface area contributed by atoms with Crippen LogP contribution in [0.5, 0.6) is 11.5 Å². The average molecular weight is 564 g/mol. The highest BCUT2D eigenvalue weighted by molar-refractivity contribution is 14.0. The molecule has 2 aromatic carbocycles. The lowest BCUT2D eigenvalue weighted by Gasteiger charge is -2.24. The van der Waals surface area contributed by atoms with Gasteiger partial charge in [-0.25, -0.2) is 0 Å². The standard InChI is InChI=1S/C25H32N4O3.HI/c1-3-26-25(28(2)16-19-10-11-22-23(15-19)32-14-13-31-22)27-12-6-9-24(30)29-17-20-7-4-5-8-21(20)18-29;/h4-5,7-8,10-11,15H,3,6,9,12-14,16-18H2,1-2H3,(H,26,27);1H. The van der Waals surface area contributed by atoms with Crippen LogP contribution < -0.4 is 14.8 Å². The molecule has 0 aliphatic carbocycles. The maximum atomic E-state index is 12.6. The summed E-state index contributed by atoms with van der Waals surface area (Å²) >= 11 is 0. The van der Waals surface area contributed by atoms with Crippen molar-refractivity contribution in [2.75, 3.05) is 33.4 Å². The molecule has 0 atom stereocenters. The maximum Gasteiger partial charge on any atom is 0.223 e. The minimum Gasteiger partial charge on any atom is -0.486 e. The third-order valence-electron chi connectivity index (χ3n) is 5.73. The van der Waals surface area contributed by atoms with Crippen molar-refractivity contribution in [3.63, 3.8) is 0 Å². The van der Waals surface area contributed by atoms with Crippen molar-refractivity contribution in [2.24, 2.45) is 4.99 Å². The van der Waals surface area contributed by atoms with Gasteiger partial charge < -0.3 is 24.6 Å². The summed E-state index contributed by atoms with van der Waals surface area (Å²) in [7, 11) is 2.02. The highest BCUT2D eigenvalue weighted by Crippen LogP contribution is 2.31. The zero-order valence-corrected chi connectivity index (χ0v) is 21.7. The Morgan fingerprint density at radius 3 is 2.48 bits per heavy atom. The van der Waals surface area contributed by atoms with Crippen LogP contribution in [0.4, 0.5) is 0 Å². The highest BCUT2D eigenvalue weighted by atomic mass is 127. The Hall–Kier alpha value is -2.49. The summed E-state index contributed by atoms with van der Waals surface area (Å²) in [5.74, 6) is 2.63. The number of hydrogen-bond acceptors (Lipinski definition) is 4. The summed E-state index contributed by atoms with van der Waals surface area (Å²) in [6, 6.07) is 14.3. The van der Waals surface area contributed by atoms with E-state index in [1.807, 2.05) is 36.2 Å². The predicted octanol–water partition coefficient (Wildman–Crippen LogP) is 3.80. The number of carbonyl (C=O) groups is 1. The molecule has 0 bridgehead atoms. The van der Waals surface area contributed by atoms with Crippen molar-refractivity contribution < 1.29 is 14.3 Å². The van der Waals surface area contributed by atoms with Gasteiger partial charge in [-0.2, -0.15) is 0 Å². The second-order valence-corrected chi connectivity index (χ2v) is 8.19. The van der Waals surface area contributed by atoms with Crippen LogP contribution in [0.2, 0.25) is 0 Å². The molecule has 8 heteroatoms. The topological polar surface area (TPSA) is 66.4 Å². The molecule has 0 unspecified atom stereocenters. The second-order valence-electron chi connectivity index (χ2n) is 8.19. The number of guanidine groups is 1. The Bertz CT molecular complexity index is 957. The Kier molecular flexibility index (Phi) is 9.22. The van der Waals surface area contributed by atoms with Gasteiger partial charge in [-0.15, -0.1) is 24.0 Å². The van der Waals surface area contributed by atoms with Gasteiger partial charge in [0.25, 0.3) is 0 Å². The molecule has 1 N–H and O–H groups in total. The second kappa shape index (κ2) is 12.1. The van der Waals surface area contributed by atoms with E-state index in [2.05, 4.69) is 35.3 Å². The van der Waals surface area contributed by atoms with Gasteiger partial charge >= 0.3 is 0 Å². The molecule has 178 valence electrons. The van der Waals surface area contributed by atoms with Gasteiger partial charge in [0.1, 0.15) is 13.2 Å². The fraction of sp³-hybridized carbons (Fsp3) is 0.440. The van der Waals surface area contributed by atoms with E-state index < -0.39 is 0 Å². The summed E-state index contributed by atoms with van der Waals surface area (Å²) in [5.41, 5.74) is 3.65. The molecule has 33 heavy (non-hydrogen) atoms. The van der Waals surface area contributed by atoms with Crippen LogP contribution in [0.25, 0.3) is 0 Å². The first-order chi connectivity index (χ1) is 15.6. The molecule has 0 saturated heterocycles. The number of aliphatic imine (C=N–C) groups is 1.